The number of carbonyl (C=O) groups is 1. The number of nitrogens with one attached hydrogen (secondary N) is 1. The van der Waals surface area contributed by atoms with Crippen LogP contribution in [0.1, 0.15) is 10.4 Å². The highest BCUT2D eigenvalue weighted by Gasteiger charge is 2.13. The normalized spacial score (nSPS) is 10.3. The summed E-state index contributed by atoms with van der Waals surface area (Å²) in [6.07, 6.45) is 0. The van der Waals surface area contributed by atoms with Crippen LogP contribution in [0.2, 0.25) is 5.02 Å². The maximum absolute atomic E-state index is 13.5. The minimum absolute atomic E-state index is 0.106. The molecule has 0 aromatic heterocycles. The fourth-order valence-electron chi connectivity index (χ4n) is 1.46. The van der Waals surface area contributed by atoms with Crippen LogP contribution in [-0.4, -0.2) is 11.0 Å². The van der Waals surface area contributed by atoms with Gasteiger partial charge in [0, 0.05) is 16.8 Å². The highest BCUT2D eigenvalue weighted by atomic mass is 35.5. The molecule has 0 saturated heterocycles. The summed E-state index contributed by atoms with van der Waals surface area (Å²) >= 11 is 5.57. The van der Waals surface area contributed by atoms with Gasteiger partial charge in [-0.25, -0.2) is 8.78 Å². The van der Waals surface area contributed by atoms with Crippen molar-refractivity contribution in [1.82, 2.24) is 0 Å². The van der Waals surface area contributed by atoms with Crippen molar-refractivity contribution in [3.8, 4) is 5.75 Å². The van der Waals surface area contributed by atoms with Gasteiger partial charge in [-0.2, -0.15) is 0 Å². The Labute approximate surface area is 112 Å². The largest absolute Gasteiger partial charge is 0.505 e. The van der Waals surface area contributed by atoms with Crippen LogP contribution in [0, 0.1) is 11.6 Å². The van der Waals surface area contributed by atoms with Gasteiger partial charge >= 0.3 is 0 Å². The molecule has 0 atom stereocenters. The summed E-state index contributed by atoms with van der Waals surface area (Å²) in [5.41, 5.74) is -0.104. The fourth-order valence-corrected chi connectivity index (χ4v) is 1.62. The minimum Gasteiger partial charge on any atom is -0.505 e. The lowest BCUT2D eigenvalue weighted by atomic mass is 10.2. The average molecular weight is 284 g/mol. The number of carbonyl (C=O) groups excluding carboxylic acids is 1. The number of halogens is 3. The molecule has 0 bridgehead atoms. The topological polar surface area (TPSA) is 49.3 Å². The number of hydrogen-bond acceptors (Lipinski definition) is 2. The average Bonchev–Trinajstić information content (AvgIpc) is 2.33. The molecule has 0 heterocycles. The van der Waals surface area contributed by atoms with E-state index < -0.39 is 23.3 Å². The van der Waals surface area contributed by atoms with Crippen molar-refractivity contribution in [2.24, 2.45) is 0 Å². The van der Waals surface area contributed by atoms with Gasteiger partial charge in [0.15, 0.2) is 11.6 Å². The molecule has 2 N–H and O–H groups in total. The molecule has 98 valence electrons. The highest BCUT2D eigenvalue weighted by Crippen LogP contribution is 2.21. The third kappa shape index (κ3) is 3.00. The first-order valence-corrected chi connectivity index (χ1v) is 5.60. The van der Waals surface area contributed by atoms with E-state index in [1.54, 1.807) is 0 Å². The van der Waals surface area contributed by atoms with Crippen LogP contribution < -0.4 is 5.32 Å². The second-order valence-electron chi connectivity index (χ2n) is 3.74. The summed E-state index contributed by atoms with van der Waals surface area (Å²) in [6, 6.07) is 6.92. The van der Waals surface area contributed by atoms with Gasteiger partial charge in [0.25, 0.3) is 5.91 Å². The van der Waals surface area contributed by atoms with Crippen molar-refractivity contribution in [3.05, 3.63) is 58.6 Å². The van der Waals surface area contributed by atoms with Gasteiger partial charge in [0.05, 0.1) is 5.56 Å². The maximum atomic E-state index is 13.5. The van der Waals surface area contributed by atoms with E-state index in [9.17, 15) is 13.6 Å². The Kier molecular flexibility index (Phi) is 3.66. The monoisotopic (exact) mass is 283 g/mol. The molecule has 0 aliphatic heterocycles. The third-order valence-electron chi connectivity index (χ3n) is 2.38. The number of hydrogen-bond donors (Lipinski definition) is 2. The molecule has 0 spiro atoms. The Balaban J connectivity index is 2.23. The first kappa shape index (κ1) is 13.3. The Hall–Kier alpha value is -2.14. The Morgan fingerprint density at radius 2 is 1.84 bits per heavy atom. The first-order chi connectivity index (χ1) is 8.97. The molecular weight excluding hydrogens is 276 g/mol. The maximum Gasteiger partial charge on any atom is 0.258 e. The number of anilines is 1. The molecule has 6 heteroatoms. The molecule has 19 heavy (non-hydrogen) atoms. The number of phenolic OH excluding ortho intramolecular Hbond substituents is 1. The molecule has 0 saturated carbocycles. The van der Waals surface area contributed by atoms with Crippen LogP contribution in [-0.2, 0) is 0 Å². The summed E-state index contributed by atoms with van der Waals surface area (Å²) < 4.78 is 26.6. The van der Waals surface area contributed by atoms with Crippen molar-refractivity contribution in [1.29, 1.82) is 0 Å². The van der Waals surface area contributed by atoms with Crippen LogP contribution in [0.25, 0.3) is 0 Å². The Bertz CT molecular complexity index is 647. The Morgan fingerprint density at radius 1 is 1.11 bits per heavy atom. The van der Waals surface area contributed by atoms with Crippen molar-refractivity contribution in [3.63, 3.8) is 0 Å². The number of phenols is 1. The number of benzene rings is 2. The molecule has 0 aliphatic carbocycles. The first-order valence-electron chi connectivity index (χ1n) is 5.22. The molecule has 2 aromatic carbocycles. The van der Waals surface area contributed by atoms with Crippen LogP contribution in [0.4, 0.5) is 14.5 Å². The summed E-state index contributed by atoms with van der Waals surface area (Å²) in [5, 5.41) is 11.5. The quantitative estimate of drug-likeness (QED) is 0.828. The third-order valence-corrected chi connectivity index (χ3v) is 2.62. The predicted molar refractivity (Wildman–Crippen MR) is 67.4 cm³/mol. The molecular formula is C13H8ClF2NO2. The van der Waals surface area contributed by atoms with Crippen molar-refractivity contribution < 1.29 is 18.7 Å². The summed E-state index contributed by atoms with van der Waals surface area (Å²) in [4.78, 5) is 11.8. The van der Waals surface area contributed by atoms with Crippen molar-refractivity contribution in [2.45, 2.75) is 0 Å². The van der Waals surface area contributed by atoms with E-state index in [-0.39, 0.29) is 16.3 Å². The zero-order chi connectivity index (χ0) is 14.0. The fraction of sp³-hybridized carbons (Fsp3) is 0. The molecule has 0 fully saturated rings. The zero-order valence-corrected chi connectivity index (χ0v) is 10.2. The lowest BCUT2D eigenvalue weighted by Gasteiger charge is -2.07. The van der Waals surface area contributed by atoms with E-state index in [0.717, 1.165) is 18.2 Å². The van der Waals surface area contributed by atoms with Gasteiger partial charge in [0.1, 0.15) is 5.82 Å². The summed E-state index contributed by atoms with van der Waals surface area (Å²) in [5.74, 6) is -2.92. The van der Waals surface area contributed by atoms with E-state index in [2.05, 4.69) is 5.32 Å². The Morgan fingerprint density at radius 3 is 2.47 bits per heavy atom. The van der Waals surface area contributed by atoms with E-state index >= 15 is 0 Å². The van der Waals surface area contributed by atoms with Gasteiger partial charge in [-0.3, -0.25) is 4.79 Å². The van der Waals surface area contributed by atoms with Gasteiger partial charge in [-0.1, -0.05) is 11.6 Å². The molecule has 0 aliphatic rings. The molecule has 0 unspecified atom stereocenters. The molecule has 2 rings (SSSR count). The molecule has 1 amide bonds. The van der Waals surface area contributed by atoms with Gasteiger partial charge in [-0.05, 0) is 30.3 Å². The SMILES string of the molecule is O=C(Nc1ccc(O)c(F)c1)c1ccc(Cl)cc1F. The zero-order valence-electron chi connectivity index (χ0n) is 9.45. The number of amides is 1. The van der Waals surface area contributed by atoms with E-state index in [1.807, 2.05) is 0 Å². The van der Waals surface area contributed by atoms with Crippen molar-refractivity contribution >= 4 is 23.2 Å². The summed E-state index contributed by atoms with van der Waals surface area (Å²) in [6.45, 7) is 0. The van der Waals surface area contributed by atoms with Gasteiger partial charge in [0.2, 0.25) is 0 Å². The van der Waals surface area contributed by atoms with Crippen molar-refractivity contribution in [2.75, 3.05) is 5.32 Å². The number of aromatic hydroxyl groups is 1. The van der Waals surface area contributed by atoms with Gasteiger partial charge in [-0.15, -0.1) is 0 Å². The van der Waals surface area contributed by atoms with E-state index in [0.29, 0.717) is 0 Å². The summed E-state index contributed by atoms with van der Waals surface area (Å²) in [7, 11) is 0. The standard InChI is InChI=1S/C13H8ClF2NO2/c14-7-1-3-9(10(15)5-7)13(19)17-8-2-4-12(18)11(16)6-8/h1-6,18H,(H,17,19). The van der Waals surface area contributed by atoms with E-state index in [1.165, 1.54) is 18.2 Å². The van der Waals surface area contributed by atoms with Gasteiger partial charge < -0.3 is 10.4 Å². The van der Waals surface area contributed by atoms with Crippen LogP contribution >= 0.6 is 11.6 Å². The predicted octanol–water partition coefficient (Wildman–Crippen LogP) is 3.58. The van der Waals surface area contributed by atoms with E-state index in [4.69, 9.17) is 16.7 Å². The second-order valence-corrected chi connectivity index (χ2v) is 4.18. The minimum atomic E-state index is -0.880. The number of rotatable bonds is 2. The highest BCUT2D eigenvalue weighted by molar-refractivity contribution is 6.30. The van der Waals surface area contributed by atoms with Crippen LogP contribution in [0.15, 0.2) is 36.4 Å². The molecule has 2 aromatic rings. The molecule has 3 nitrogen and oxygen atoms in total. The molecule has 0 radical (unpaired) electrons. The lowest BCUT2D eigenvalue weighted by Crippen LogP contribution is -2.13. The second kappa shape index (κ2) is 5.24. The van der Waals surface area contributed by atoms with Crippen LogP contribution in [0.5, 0.6) is 5.75 Å². The lowest BCUT2D eigenvalue weighted by molar-refractivity contribution is 0.102. The smallest absolute Gasteiger partial charge is 0.258 e. The van der Waals surface area contributed by atoms with Crippen LogP contribution in [0.3, 0.4) is 0 Å².